The van der Waals surface area contributed by atoms with E-state index < -0.39 is 0 Å². The fourth-order valence-electron chi connectivity index (χ4n) is 4.13. The molecule has 4 aromatic rings. The van der Waals surface area contributed by atoms with Crippen LogP contribution < -0.4 is 15.0 Å². The SMILES string of the molecule is COc1ccc(C(=O)Nc2ccc3nc(SCC(=O)N4c5ccccc5CC4C)sc3c2)cc1. The average molecular weight is 490 g/mol. The molecule has 3 aromatic carbocycles. The number of carbonyl (C=O) groups excluding carboxylic acids is 2. The zero-order valence-electron chi connectivity index (χ0n) is 18.8. The summed E-state index contributed by atoms with van der Waals surface area (Å²) in [5, 5.41) is 2.93. The van der Waals surface area contributed by atoms with Gasteiger partial charge in [-0.25, -0.2) is 4.98 Å². The van der Waals surface area contributed by atoms with Crippen molar-refractivity contribution in [1.29, 1.82) is 0 Å². The van der Waals surface area contributed by atoms with Gasteiger partial charge in [0.1, 0.15) is 5.75 Å². The van der Waals surface area contributed by atoms with E-state index in [0.717, 1.165) is 26.7 Å². The molecule has 0 saturated carbocycles. The first-order chi connectivity index (χ1) is 16.5. The second kappa shape index (κ2) is 9.48. The number of nitrogens with one attached hydrogen (secondary N) is 1. The number of anilines is 2. The molecule has 0 spiro atoms. The third kappa shape index (κ3) is 4.51. The van der Waals surface area contributed by atoms with Crippen LogP contribution in [0, 0.1) is 0 Å². The molecule has 1 aliphatic rings. The van der Waals surface area contributed by atoms with E-state index in [4.69, 9.17) is 4.74 Å². The topological polar surface area (TPSA) is 71.5 Å². The van der Waals surface area contributed by atoms with Crippen LogP contribution >= 0.6 is 23.1 Å². The van der Waals surface area contributed by atoms with Crippen LogP contribution in [0.25, 0.3) is 10.2 Å². The van der Waals surface area contributed by atoms with Gasteiger partial charge >= 0.3 is 0 Å². The van der Waals surface area contributed by atoms with E-state index in [0.29, 0.717) is 22.8 Å². The maximum absolute atomic E-state index is 13.0. The number of amides is 2. The van der Waals surface area contributed by atoms with E-state index >= 15 is 0 Å². The predicted molar refractivity (Wildman–Crippen MR) is 138 cm³/mol. The summed E-state index contributed by atoms with van der Waals surface area (Å²) in [5.74, 6) is 0.940. The summed E-state index contributed by atoms with van der Waals surface area (Å²) >= 11 is 2.98. The van der Waals surface area contributed by atoms with E-state index in [1.807, 2.05) is 41.3 Å². The second-order valence-electron chi connectivity index (χ2n) is 8.08. The van der Waals surface area contributed by atoms with Gasteiger partial charge in [-0.05, 0) is 67.4 Å². The van der Waals surface area contributed by atoms with Crippen molar-refractivity contribution >= 4 is 56.5 Å². The fourth-order valence-corrected chi connectivity index (χ4v) is 6.09. The summed E-state index contributed by atoms with van der Waals surface area (Å²) in [4.78, 5) is 32.1. The lowest BCUT2D eigenvalue weighted by atomic mass is 10.1. The maximum Gasteiger partial charge on any atom is 0.255 e. The average Bonchev–Trinajstić information content (AvgIpc) is 3.41. The van der Waals surface area contributed by atoms with E-state index in [9.17, 15) is 9.59 Å². The lowest BCUT2D eigenvalue weighted by molar-refractivity contribution is -0.116. The number of ether oxygens (including phenoxy) is 1. The van der Waals surface area contributed by atoms with Crippen LogP contribution in [0.3, 0.4) is 0 Å². The minimum absolute atomic E-state index is 0.0918. The molecular weight excluding hydrogens is 466 g/mol. The van der Waals surface area contributed by atoms with Crippen LogP contribution in [-0.4, -0.2) is 35.7 Å². The summed E-state index contributed by atoms with van der Waals surface area (Å²) in [7, 11) is 1.59. The zero-order chi connectivity index (χ0) is 23.7. The van der Waals surface area contributed by atoms with Crippen LogP contribution in [0.1, 0.15) is 22.8 Å². The molecule has 6 nitrogen and oxygen atoms in total. The molecule has 5 rings (SSSR count). The lowest BCUT2D eigenvalue weighted by Crippen LogP contribution is -2.36. The van der Waals surface area contributed by atoms with E-state index in [1.54, 1.807) is 31.4 Å². The number of fused-ring (bicyclic) bond motifs is 2. The summed E-state index contributed by atoms with van der Waals surface area (Å²) in [6.45, 7) is 2.09. The number of nitrogens with zero attached hydrogens (tertiary/aromatic N) is 2. The minimum Gasteiger partial charge on any atom is -0.497 e. The minimum atomic E-state index is -0.188. The summed E-state index contributed by atoms with van der Waals surface area (Å²) in [6.07, 6.45) is 0.888. The third-order valence-electron chi connectivity index (χ3n) is 5.77. The van der Waals surface area contributed by atoms with Crippen molar-refractivity contribution in [2.75, 3.05) is 23.1 Å². The summed E-state index contributed by atoms with van der Waals surface area (Å²) in [5.41, 5.74) is 4.34. The molecule has 1 aliphatic heterocycles. The summed E-state index contributed by atoms with van der Waals surface area (Å²) in [6, 6.07) is 20.9. The number of thiazole rings is 1. The highest BCUT2D eigenvalue weighted by Crippen LogP contribution is 2.35. The van der Waals surface area contributed by atoms with Gasteiger partial charge in [-0.2, -0.15) is 0 Å². The van der Waals surface area contributed by atoms with Gasteiger partial charge in [0.05, 0.1) is 23.1 Å². The number of aromatic nitrogens is 1. The normalized spacial score (nSPS) is 14.8. The highest BCUT2D eigenvalue weighted by atomic mass is 32.2. The van der Waals surface area contributed by atoms with Crippen molar-refractivity contribution in [3.05, 3.63) is 77.9 Å². The quantitative estimate of drug-likeness (QED) is 0.356. The maximum atomic E-state index is 13.0. The van der Waals surface area contributed by atoms with Crippen LogP contribution in [-0.2, 0) is 11.2 Å². The van der Waals surface area contributed by atoms with Crippen molar-refractivity contribution < 1.29 is 14.3 Å². The van der Waals surface area contributed by atoms with E-state index in [2.05, 4.69) is 23.3 Å². The third-order valence-corrected chi connectivity index (χ3v) is 7.92. The number of carbonyl (C=O) groups is 2. The van der Waals surface area contributed by atoms with Crippen molar-refractivity contribution in [2.24, 2.45) is 0 Å². The molecule has 2 heterocycles. The molecule has 172 valence electrons. The highest BCUT2D eigenvalue weighted by Gasteiger charge is 2.30. The first kappa shape index (κ1) is 22.4. The van der Waals surface area contributed by atoms with Gasteiger partial charge in [-0.15, -0.1) is 11.3 Å². The molecule has 0 radical (unpaired) electrons. The zero-order valence-corrected chi connectivity index (χ0v) is 20.4. The predicted octanol–water partition coefficient (Wildman–Crippen LogP) is 5.63. The molecule has 1 unspecified atom stereocenters. The molecule has 0 aliphatic carbocycles. The van der Waals surface area contributed by atoms with E-state index in [-0.39, 0.29) is 17.9 Å². The van der Waals surface area contributed by atoms with Gasteiger partial charge < -0.3 is 15.0 Å². The van der Waals surface area contributed by atoms with Gasteiger partial charge in [0.15, 0.2) is 4.34 Å². The molecule has 8 heteroatoms. The number of thioether (sulfide) groups is 1. The Kier molecular flexibility index (Phi) is 6.26. The van der Waals surface area contributed by atoms with Crippen LogP contribution in [0.2, 0.25) is 0 Å². The molecule has 0 fully saturated rings. The van der Waals surface area contributed by atoms with Crippen LogP contribution in [0.4, 0.5) is 11.4 Å². The first-order valence-electron chi connectivity index (χ1n) is 10.9. The van der Waals surface area contributed by atoms with Gasteiger partial charge in [0.2, 0.25) is 5.91 Å². The second-order valence-corrected chi connectivity index (χ2v) is 10.3. The molecule has 1 atom stereocenters. The van der Waals surface area contributed by atoms with Crippen LogP contribution in [0.5, 0.6) is 5.75 Å². The summed E-state index contributed by atoms with van der Waals surface area (Å²) < 4.78 is 6.93. The number of para-hydroxylation sites is 1. The van der Waals surface area contributed by atoms with Crippen molar-refractivity contribution in [1.82, 2.24) is 4.98 Å². The monoisotopic (exact) mass is 489 g/mol. The Morgan fingerprint density at radius 2 is 1.94 bits per heavy atom. The number of benzene rings is 3. The van der Waals surface area contributed by atoms with Gasteiger partial charge in [0, 0.05) is 23.0 Å². The highest BCUT2D eigenvalue weighted by molar-refractivity contribution is 8.01. The smallest absolute Gasteiger partial charge is 0.255 e. The van der Waals surface area contributed by atoms with Gasteiger partial charge in [-0.3, -0.25) is 9.59 Å². The fraction of sp³-hybridized carbons (Fsp3) is 0.192. The number of hydrogen-bond donors (Lipinski definition) is 1. The molecular formula is C26H23N3O3S2. The Balaban J connectivity index is 1.25. The largest absolute Gasteiger partial charge is 0.497 e. The molecule has 1 N–H and O–H groups in total. The van der Waals surface area contributed by atoms with Crippen molar-refractivity contribution in [2.45, 2.75) is 23.7 Å². The Bertz CT molecular complexity index is 1370. The van der Waals surface area contributed by atoms with Gasteiger partial charge in [0.25, 0.3) is 5.91 Å². The van der Waals surface area contributed by atoms with Gasteiger partial charge in [-0.1, -0.05) is 30.0 Å². The standard InChI is InChI=1S/C26H23N3O3S2/c1-16-13-18-5-3-4-6-22(18)29(16)24(30)15-33-26-28-21-12-9-19(14-23(21)34-26)27-25(31)17-7-10-20(32-2)11-8-17/h3-12,14,16H,13,15H2,1-2H3,(H,27,31). The molecule has 1 aromatic heterocycles. The Morgan fingerprint density at radius 1 is 1.15 bits per heavy atom. The number of hydrogen-bond acceptors (Lipinski definition) is 6. The number of rotatable bonds is 6. The van der Waals surface area contributed by atoms with Crippen molar-refractivity contribution in [3.63, 3.8) is 0 Å². The van der Waals surface area contributed by atoms with Crippen LogP contribution in [0.15, 0.2) is 71.1 Å². The Morgan fingerprint density at radius 3 is 2.74 bits per heavy atom. The number of methoxy groups -OCH3 is 1. The molecule has 0 bridgehead atoms. The lowest BCUT2D eigenvalue weighted by Gasteiger charge is -2.22. The molecule has 0 saturated heterocycles. The Labute approximate surface area is 206 Å². The Hall–Kier alpha value is -3.36. The molecule has 2 amide bonds. The van der Waals surface area contributed by atoms with E-state index in [1.165, 1.54) is 28.7 Å². The van der Waals surface area contributed by atoms with Crippen molar-refractivity contribution in [3.8, 4) is 5.75 Å². The molecule has 34 heavy (non-hydrogen) atoms. The first-order valence-corrected chi connectivity index (χ1v) is 12.7.